The minimum absolute atomic E-state index is 0.314. The average Bonchev–Trinajstić information content (AvgIpc) is 2.35. The van der Waals surface area contributed by atoms with Crippen molar-refractivity contribution in [2.24, 2.45) is 5.92 Å². The quantitative estimate of drug-likeness (QED) is 0.810. The maximum atomic E-state index is 13.9. The summed E-state index contributed by atoms with van der Waals surface area (Å²) in [5.41, 5.74) is 6.49. The predicted molar refractivity (Wildman–Crippen MR) is 72.4 cm³/mol. The van der Waals surface area contributed by atoms with Gasteiger partial charge in [-0.2, -0.15) is 0 Å². The Kier molecular flexibility index (Phi) is 3.94. The van der Waals surface area contributed by atoms with Crippen LogP contribution in [0.4, 0.5) is 15.8 Å². The van der Waals surface area contributed by atoms with E-state index in [1.54, 1.807) is 6.07 Å². The van der Waals surface area contributed by atoms with Crippen molar-refractivity contribution in [3.63, 3.8) is 0 Å². The molecule has 1 saturated carbocycles. The third kappa shape index (κ3) is 2.68. The normalized spacial score (nSPS) is 23.7. The van der Waals surface area contributed by atoms with Crippen LogP contribution in [0.1, 0.15) is 32.6 Å². The van der Waals surface area contributed by atoms with Crippen molar-refractivity contribution in [1.29, 1.82) is 0 Å². The van der Waals surface area contributed by atoms with E-state index in [4.69, 9.17) is 10.5 Å². The molecule has 3 nitrogen and oxygen atoms in total. The minimum Gasteiger partial charge on any atom is -0.495 e. The molecule has 1 aromatic rings. The molecule has 0 amide bonds. The Morgan fingerprint density at radius 2 is 2.06 bits per heavy atom. The number of methoxy groups -OCH3 is 1. The highest BCUT2D eigenvalue weighted by molar-refractivity contribution is 5.62. The summed E-state index contributed by atoms with van der Waals surface area (Å²) in [6.45, 7) is 2.21. The number of halogens is 1. The zero-order chi connectivity index (χ0) is 13.1. The fraction of sp³-hybridized carbons (Fsp3) is 0.571. The van der Waals surface area contributed by atoms with Crippen LogP contribution in [-0.2, 0) is 0 Å². The van der Waals surface area contributed by atoms with E-state index in [0.717, 1.165) is 6.42 Å². The lowest BCUT2D eigenvalue weighted by atomic mass is 9.86. The van der Waals surface area contributed by atoms with Gasteiger partial charge in [-0.05, 0) is 18.8 Å². The van der Waals surface area contributed by atoms with Gasteiger partial charge < -0.3 is 15.8 Å². The van der Waals surface area contributed by atoms with Gasteiger partial charge >= 0.3 is 0 Å². The molecule has 2 atom stereocenters. The highest BCUT2D eigenvalue weighted by Gasteiger charge is 2.22. The molecule has 2 unspecified atom stereocenters. The Morgan fingerprint density at radius 3 is 2.72 bits per heavy atom. The molecule has 0 saturated heterocycles. The van der Waals surface area contributed by atoms with Gasteiger partial charge in [0.2, 0.25) is 0 Å². The topological polar surface area (TPSA) is 47.3 Å². The van der Waals surface area contributed by atoms with Crippen molar-refractivity contribution in [2.75, 3.05) is 18.2 Å². The molecule has 0 aliphatic heterocycles. The first-order valence-electron chi connectivity index (χ1n) is 6.51. The van der Waals surface area contributed by atoms with Crippen molar-refractivity contribution in [3.05, 3.63) is 17.9 Å². The number of rotatable bonds is 3. The zero-order valence-corrected chi connectivity index (χ0v) is 11.0. The first-order chi connectivity index (χ1) is 8.61. The van der Waals surface area contributed by atoms with Crippen LogP contribution in [0.2, 0.25) is 0 Å². The molecule has 1 aliphatic carbocycles. The molecule has 3 N–H and O–H groups in total. The maximum Gasteiger partial charge on any atom is 0.148 e. The number of anilines is 2. The van der Waals surface area contributed by atoms with Crippen molar-refractivity contribution in [3.8, 4) is 5.75 Å². The fourth-order valence-corrected chi connectivity index (χ4v) is 2.59. The highest BCUT2D eigenvalue weighted by Crippen LogP contribution is 2.32. The van der Waals surface area contributed by atoms with Crippen LogP contribution >= 0.6 is 0 Å². The Balaban J connectivity index is 2.17. The van der Waals surface area contributed by atoms with Gasteiger partial charge in [-0.15, -0.1) is 0 Å². The van der Waals surface area contributed by atoms with Crippen molar-refractivity contribution < 1.29 is 9.13 Å². The number of ether oxygens (including phenoxy) is 1. The first-order valence-corrected chi connectivity index (χ1v) is 6.51. The van der Waals surface area contributed by atoms with Gasteiger partial charge in [-0.3, -0.25) is 0 Å². The summed E-state index contributed by atoms with van der Waals surface area (Å²) in [5, 5.41) is 3.29. The van der Waals surface area contributed by atoms with Gasteiger partial charge in [-0.1, -0.05) is 19.8 Å². The number of hydrogen-bond acceptors (Lipinski definition) is 3. The van der Waals surface area contributed by atoms with Crippen molar-refractivity contribution >= 4 is 11.4 Å². The lowest BCUT2D eigenvalue weighted by Gasteiger charge is -2.30. The van der Waals surface area contributed by atoms with Crippen LogP contribution in [0.5, 0.6) is 5.75 Å². The first kappa shape index (κ1) is 13.0. The summed E-state index contributed by atoms with van der Waals surface area (Å²) in [5.74, 6) is 0.773. The standard InChI is InChI=1S/C14H21FN2O/c1-9-5-3-4-6-12(9)17-13-8-14(18-2)11(16)7-10(13)15/h7-9,12,17H,3-6,16H2,1-2H3. The number of hydrogen-bond donors (Lipinski definition) is 2. The van der Waals surface area contributed by atoms with Crippen LogP contribution < -0.4 is 15.8 Å². The molecule has 18 heavy (non-hydrogen) atoms. The van der Waals surface area contributed by atoms with E-state index in [1.807, 2.05) is 0 Å². The molecule has 0 spiro atoms. The van der Waals surface area contributed by atoms with Gasteiger partial charge in [-0.25, -0.2) is 4.39 Å². The summed E-state index contributed by atoms with van der Waals surface area (Å²) < 4.78 is 19.0. The lowest BCUT2D eigenvalue weighted by molar-refractivity contribution is 0.348. The Morgan fingerprint density at radius 1 is 1.33 bits per heavy atom. The third-order valence-electron chi connectivity index (χ3n) is 3.77. The van der Waals surface area contributed by atoms with Crippen LogP contribution in [0.15, 0.2) is 12.1 Å². The van der Waals surface area contributed by atoms with Gasteiger partial charge in [0.15, 0.2) is 0 Å². The van der Waals surface area contributed by atoms with Gasteiger partial charge in [0.1, 0.15) is 11.6 Å². The molecule has 1 aromatic carbocycles. The minimum atomic E-state index is -0.314. The second kappa shape index (κ2) is 5.46. The molecule has 2 rings (SSSR count). The maximum absolute atomic E-state index is 13.9. The lowest BCUT2D eigenvalue weighted by Crippen LogP contribution is -2.30. The Labute approximate surface area is 108 Å². The van der Waals surface area contributed by atoms with E-state index in [2.05, 4.69) is 12.2 Å². The summed E-state index contributed by atoms with van der Waals surface area (Å²) >= 11 is 0. The molecule has 0 aromatic heterocycles. The van der Waals surface area contributed by atoms with Crippen LogP contribution in [0.25, 0.3) is 0 Å². The molecule has 100 valence electrons. The second-order valence-electron chi connectivity index (χ2n) is 5.09. The van der Waals surface area contributed by atoms with E-state index in [0.29, 0.717) is 29.1 Å². The summed E-state index contributed by atoms with van der Waals surface area (Å²) in [7, 11) is 1.54. The van der Waals surface area contributed by atoms with E-state index in [-0.39, 0.29) is 5.82 Å². The predicted octanol–water partition coefficient (Wildman–Crippen LogP) is 3.41. The third-order valence-corrected chi connectivity index (χ3v) is 3.77. The Hall–Kier alpha value is -1.45. The Bertz CT molecular complexity index is 423. The molecule has 1 aliphatic rings. The summed E-state index contributed by atoms with van der Waals surface area (Å²) in [6, 6.07) is 3.29. The van der Waals surface area contributed by atoms with E-state index < -0.39 is 0 Å². The monoisotopic (exact) mass is 252 g/mol. The van der Waals surface area contributed by atoms with E-state index in [9.17, 15) is 4.39 Å². The highest BCUT2D eigenvalue weighted by atomic mass is 19.1. The van der Waals surface area contributed by atoms with Crippen molar-refractivity contribution in [2.45, 2.75) is 38.6 Å². The van der Waals surface area contributed by atoms with Gasteiger partial charge in [0, 0.05) is 18.2 Å². The fourth-order valence-electron chi connectivity index (χ4n) is 2.59. The molecule has 0 heterocycles. The number of nitrogens with two attached hydrogens (primary N) is 1. The molecular formula is C14H21FN2O. The van der Waals surface area contributed by atoms with E-state index in [1.165, 1.54) is 32.4 Å². The average molecular weight is 252 g/mol. The van der Waals surface area contributed by atoms with Gasteiger partial charge in [0.25, 0.3) is 0 Å². The largest absolute Gasteiger partial charge is 0.495 e. The SMILES string of the molecule is COc1cc(NC2CCCCC2C)c(F)cc1N. The number of nitrogen functional groups attached to an aromatic ring is 1. The van der Waals surface area contributed by atoms with Crippen molar-refractivity contribution in [1.82, 2.24) is 0 Å². The van der Waals surface area contributed by atoms with Crippen LogP contribution in [0.3, 0.4) is 0 Å². The van der Waals surface area contributed by atoms with Crippen LogP contribution in [0, 0.1) is 11.7 Å². The van der Waals surface area contributed by atoms with Gasteiger partial charge in [0.05, 0.1) is 18.5 Å². The molecule has 1 fully saturated rings. The molecule has 0 radical (unpaired) electrons. The number of nitrogens with one attached hydrogen (secondary N) is 1. The summed E-state index contributed by atoms with van der Waals surface area (Å²) in [4.78, 5) is 0. The summed E-state index contributed by atoms with van der Waals surface area (Å²) in [6.07, 6.45) is 4.77. The second-order valence-corrected chi connectivity index (χ2v) is 5.09. The molecule has 4 heteroatoms. The zero-order valence-electron chi connectivity index (χ0n) is 11.0. The molecule has 0 bridgehead atoms. The van der Waals surface area contributed by atoms with E-state index >= 15 is 0 Å². The number of benzene rings is 1. The molecular weight excluding hydrogens is 231 g/mol. The smallest absolute Gasteiger partial charge is 0.148 e. The van der Waals surface area contributed by atoms with Crippen LogP contribution in [-0.4, -0.2) is 13.2 Å².